The molecule has 0 radical (unpaired) electrons. The molecule has 11 nitrogen and oxygen atoms in total. The van der Waals surface area contributed by atoms with Gasteiger partial charge in [0, 0.05) is 31.5 Å². The predicted molar refractivity (Wildman–Crippen MR) is 144 cm³/mol. The average Bonchev–Trinajstić information content (AvgIpc) is 3.48. The number of aryl methyl sites for hydroxylation is 1. The number of unbranched alkanes of at least 4 members (excludes halogenated alkanes) is 1. The third kappa shape index (κ3) is 5.60. The molecule has 1 aromatic carbocycles. The zero-order chi connectivity index (χ0) is 26.6. The first-order valence-electron chi connectivity index (χ1n) is 13.4. The Morgan fingerprint density at radius 2 is 2.00 bits per heavy atom. The Balaban J connectivity index is 1.09. The van der Waals surface area contributed by atoms with Gasteiger partial charge in [0.05, 0.1) is 5.39 Å². The molecule has 2 aromatic heterocycles. The van der Waals surface area contributed by atoms with E-state index >= 15 is 0 Å². The van der Waals surface area contributed by atoms with Gasteiger partial charge in [-0.3, -0.25) is 4.90 Å². The Morgan fingerprint density at radius 1 is 1.18 bits per heavy atom. The molecular weight excluding hydrogens is 486 g/mol. The molecule has 5 rings (SSSR count). The van der Waals surface area contributed by atoms with Crippen molar-refractivity contribution < 1.29 is 19.4 Å². The summed E-state index contributed by atoms with van der Waals surface area (Å²) in [6, 6.07) is 9.60. The van der Waals surface area contributed by atoms with E-state index in [1.54, 1.807) is 10.8 Å². The van der Waals surface area contributed by atoms with E-state index in [0.29, 0.717) is 24.6 Å². The number of carbonyl (C=O) groups is 1. The van der Waals surface area contributed by atoms with Gasteiger partial charge in [-0.15, -0.1) is 0 Å². The van der Waals surface area contributed by atoms with Crippen LogP contribution >= 0.6 is 0 Å². The van der Waals surface area contributed by atoms with Crippen LogP contribution in [0.3, 0.4) is 0 Å². The van der Waals surface area contributed by atoms with Gasteiger partial charge in [-0.1, -0.05) is 25.5 Å². The van der Waals surface area contributed by atoms with E-state index in [2.05, 4.69) is 44.6 Å². The normalized spacial score (nSPS) is 25.4. The van der Waals surface area contributed by atoms with Crippen LogP contribution in [0.25, 0.3) is 11.0 Å². The maximum Gasteiger partial charge on any atom is 0.319 e. The molecule has 0 saturated carbocycles. The molecule has 3 aromatic rings. The van der Waals surface area contributed by atoms with Crippen molar-refractivity contribution in [1.82, 2.24) is 24.8 Å². The molecule has 2 fully saturated rings. The lowest BCUT2D eigenvalue weighted by molar-refractivity contribution is -0.176. The number of aromatic nitrogens is 3. The standard InChI is InChI=1S/C27H37N7O4/c1-3-4-6-18-7-9-19(10-8-18)32-27(36)29-12-5-13-33-15-21-23(37-17(33)2)22(35)26(38-21)34-14-11-20-24(28)30-16-31-25(20)34/h7-11,14,16-17,21-23,26,35H,3-6,12-13,15H2,1-2H3,(H2,28,30,31)(H2,29,32,36)/t17?,21-,22?,23?,26-/m1/s1. The highest BCUT2D eigenvalue weighted by atomic mass is 16.6. The van der Waals surface area contributed by atoms with Crippen LogP contribution in [0.4, 0.5) is 16.3 Å². The minimum Gasteiger partial charge on any atom is -0.386 e. The number of aliphatic hydroxyl groups excluding tert-OH is 1. The Hall–Kier alpha value is -3.25. The van der Waals surface area contributed by atoms with Gasteiger partial charge >= 0.3 is 6.03 Å². The lowest BCUT2D eigenvalue weighted by Gasteiger charge is -2.39. The monoisotopic (exact) mass is 523 g/mol. The van der Waals surface area contributed by atoms with Crippen molar-refractivity contribution in [2.24, 2.45) is 0 Å². The van der Waals surface area contributed by atoms with Gasteiger partial charge in [-0.2, -0.15) is 0 Å². The first kappa shape index (κ1) is 26.4. The number of nitrogen functional groups attached to an aromatic ring is 1. The maximum atomic E-state index is 12.3. The number of rotatable bonds is 9. The van der Waals surface area contributed by atoms with Gasteiger partial charge < -0.3 is 35.5 Å². The van der Waals surface area contributed by atoms with Gasteiger partial charge in [0.25, 0.3) is 0 Å². The van der Waals surface area contributed by atoms with E-state index < -0.39 is 18.4 Å². The maximum absolute atomic E-state index is 12.3. The number of hydrogen-bond acceptors (Lipinski definition) is 8. The molecule has 2 aliphatic heterocycles. The van der Waals surface area contributed by atoms with Gasteiger partial charge in [0.15, 0.2) is 6.23 Å². The van der Waals surface area contributed by atoms with Gasteiger partial charge in [0.1, 0.15) is 42.3 Å². The minimum absolute atomic E-state index is 0.187. The lowest BCUT2D eigenvalue weighted by Crippen LogP contribution is -2.54. The first-order valence-corrected chi connectivity index (χ1v) is 13.4. The smallest absolute Gasteiger partial charge is 0.319 e. The zero-order valence-electron chi connectivity index (χ0n) is 21.9. The molecule has 2 amide bonds. The number of carbonyl (C=O) groups excluding carboxylic acids is 1. The number of amides is 2. The highest BCUT2D eigenvalue weighted by molar-refractivity contribution is 5.89. The molecular formula is C27H37N7O4. The fourth-order valence-electron chi connectivity index (χ4n) is 5.22. The minimum atomic E-state index is -0.845. The number of urea groups is 1. The lowest BCUT2D eigenvalue weighted by atomic mass is 10.1. The fraction of sp³-hybridized carbons (Fsp3) is 0.519. The summed E-state index contributed by atoms with van der Waals surface area (Å²) in [4.78, 5) is 22.8. The van der Waals surface area contributed by atoms with Crippen molar-refractivity contribution in [3.05, 3.63) is 48.4 Å². The molecule has 0 bridgehead atoms. The first-order chi connectivity index (χ1) is 18.4. The molecule has 5 atom stereocenters. The second-order valence-electron chi connectivity index (χ2n) is 10.0. The van der Waals surface area contributed by atoms with Crippen molar-refractivity contribution in [1.29, 1.82) is 0 Å². The topological polar surface area (TPSA) is 140 Å². The quantitative estimate of drug-likeness (QED) is 0.314. The Kier molecular flexibility index (Phi) is 8.08. The SMILES string of the molecule is CCCCc1ccc(NC(=O)NCCCN2C[C@H]3O[C@@H](n4ccc5c(N)ncnc54)C(O)C3OC2C)cc1. The molecule has 5 N–H and O–H groups in total. The molecule has 204 valence electrons. The highest BCUT2D eigenvalue weighted by Gasteiger charge is 2.50. The fourth-order valence-corrected chi connectivity index (χ4v) is 5.22. The van der Waals surface area contributed by atoms with E-state index in [9.17, 15) is 9.90 Å². The Bertz CT molecular complexity index is 1230. The van der Waals surface area contributed by atoms with Crippen LogP contribution in [0.1, 0.15) is 44.9 Å². The third-order valence-electron chi connectivity index (χ3n) is 7.34. The number of aliphatic hydroxyl groups is 1. The number of nitrogens with two attached hydrogens (primary N) is 1. The second-order valence-corrected chi connectivity index (χ2v) is 10.0. The number of fused-ring (bicyclic) bond motifs is 2. The van der Waals surface area contributed by atoms with Crippen molar-refractivity contribution in [3.8, 4) is 0 Å². The van der Waals surface area contributed by atoms with Crippen molar-refractivity contribution in [2.45, 2.75) is 70.3 Å². The molecule has 11 heteroatoms. The molecule has 0 aliphatic carbocycles. The Labute approximate surface area is 222 Å². The Morgan fingerprint density at radius 3 is 2.79 bits per heavy atom. The summed E-state index contributed by atoms with van der Waals surface area (Å²) in [6.07, 6.45) is 4.95. The van der Waals surface area contributed by atoms with Crippen LogP contribution in [0, 0.1) is 0 Å². The van der Waals surface area contributed by atoms with Crippen molar-refractivity contribution in [3.63, 3.8) is 0 Å². The molecule has 38 heavy (non-hydrogen) atoms. The summed E-state index contributed by atoms with van der Waals surface area (Å²) in [5.41, 5.74) is 8.64. The highest BCUT2D eigenvalue weighted by Crippen LogP contribution is 2.37. The largest absolute Gasteiger partial charge is 0.386 e. The van der Waals surface area contributed by atoms with E-state index in [-0.39, 0.29) is 18.4 Å². The zero-order valence-corrected chi connectivity index (χ0v) is 21.9. The van der Waals surface area contributed by atoms with E-state index in [1.807, 2.05) is 25.1 Å². The van der Waals surface area contributed by atoms with Gasteiger partial charge in [-0.05, 0) is 49.9 Å². The molecule has 4 heterocycles. The van der Waals surface area contributed by atoms with Crippen LogP contribution in [-0.2, 0) is 15.9 Å². The van der Waals surface area contributed by atoms with E-state index in [4.69, 9.17) is 15.2 Å². The molecule has 2 saturated heterocycles. The van der Waals surface area contributed by atoms with E-state index in [1.165, 1.54) is 18.3 Å². The molecule has 2 aliphatic rings. The van der Waals surface area contributed by atoms with E-state index in [0.717, 1.165) is 36.9 Å². The molecule has 3 unspecified atom stereocenters. The number of anilines is 2. The summed E-state index contributed by atoms with van der Waals surface area (Å²) >= 11 is 0. The van der Waals surface area contributed by atoms with Crippen molar-refractivity contribution in [2.75, 3.05) is 30.7 Å². The summed E-state index contributed by atoms with van der Waals surface area (Å²) in [7, 11) is 0. The number of ether oxygens (including phenoxy) is 2. The van der Waals surface area contributed by atoms with Crippen LogP contribution in [0.2, 0.25) is 0 Å². The number of nitrogens with zero attached hydrogens (tertiary/aromatic N) is 4. The summed E-state index contributed by atoms with van der Waals surface area (Å²) in [5.74, 6) is 0.386. The number of hydrogen-bond donors (Lipinski definition) is 4. The summed E-state index contributed by atoms with van der Waals surface area (Å²) in [5, 5.41) is 17.5. The number of benzene rings is 1. The van der Waals surface area contributed by atoms with Crippen molar-refractivity contribution >= 4 is 28.6 Å². The van der Waals surface area contributed by atoms with Crippen LogP contribution in [-0.4, -0.2) is 74.7 Å². The summed E-state index contributed by atoms with van der Waals surface area (Å²) < 4.78 is 14.2. The van der Waals surface area contributed by atoms with Gasteiger partial charge in [0.2, 0.25) is 0 Å². The predicted octanol–water partition coefficient (Wildman–Crippen LogP) is 2.87. The van der Waals surface area contributed by atoms with Crippen LogP contribution in [0.5, 0.6) is 0 Å². The summed E-state index contributed by atoms with van der Waals surface area (Å²) in [6.45, 7) is 6.02. The van der Waals surface area contributed by atoms with Crippen LogP contribution < -0.4 is 16.4 Å². The average molecular weight is 524 g/mol. The van der Waals surface area contributed by atoms with Gasteiger partial charge in [-0.25, -0.2) is 14.8 Å². The second kappa shape index (κ2) is 11.6. The molecule has 0 spiro atoms. The van der Waals surface area contributed by atoms with Crippen LogP contribution in [0.15, 0.2) is 42.9 Å². The third-order valence-corrected chi connectivity index (χ3v) is 7.34. The number of nitrogens with one attached hydrogen (secondary N) is 2.